The molecule has 124 valence electrons. The van der Waals surface area contributed by atoms with Gasteiger partial charge in [0.2, 0.25) is 0 Å². The SMILES string of the molecule is NC(=O)COC(=O)C[C@@H](NC(=O)c1ccccc1)c1ccccc1. The Morgan fingerprint density at radius 3 is 2.12 bits per heavy atom. The van der Waals surface area contributed by atoms with Crippen molar-refractivity contribution in [3.8, 4) is 0 Å². The molecule has 0 unspecified atom stereocenters. The lowest BCUT2D eigenvalue weighted by Crippen LogP contribution is -2.31. The second-order valence-corrected chi connectivity index (χ2v) is 5.13. The first-order chi connectivity index (χ1) is 11.6. The van der Waals surface area contributed by atoms with Gasteiger partial charge >= 0.3 is 5.97 Å². The topological polar surface area (TPSA) is 98.5 Å². The molecule has 6 nitrogen and oxygen atoms in total. The van der Waals surface area contributed by atoms with Crippen molar-refractivity contribution in [1.29, 1.82) is 0 Å². The largest absolute Gasteiger partial charge is 0.456 e. The van der Waals surface area contributed by atoms with Crippen molar-refractivity contribution in [1.82, 2.24) is 5.32 Å². The van der Waals surface area contributed by atoms with Gasteiger partial charge in [0.05, 0.1) is 12.5 Å². The quantitative estimate of drug-likeness (QED) is 0.755. The predicted octanol–water partition coefficient (Wildman–Crippen LogP) is 1.58. The van der Waals surface area contributed by atoms with E-state index in [0.29, 0.717) is 5.56 Å². The van der Waals surface area contributed by atoms with Crippen LogP contribution in [0.3, 0.4) is 0 Å². The molecule has 1 atom stereocenters. The second kappa shape index (κ2) is 8.47. The molecule has 2 amide bonds. The molecule has 0 aromatic heterocycles. The van der Waals surface area contributed by atoms with Gasteiger partial charge in [-0.1, -0.05) is 48.5 Å². The Bertz CT molecular complexity index is 701. The summed E-state index contributed by atoms with van der Waals surface area (Å²) >= 11 is 0. The van der Waals surface area contributed by atoms with E-state index in [2.05, 4.69) is 5.32 Å². The molecule has 0 saturated carbocycles. The molecule has 0 spiro atoms. The van der Waals surface area contributed by atoms with Gasteiger partial charge in [0.25, 0.3) is 11.8 Å². The summed E-state index contributed by atoms with van der Waals surface area (Å²) in [4.78, 5) is 34.9. The van der Waals surface area contributed by atoms with Crippen LogP contribution < -0.4 is 11.1 Å². The molecule has 2 rings (SSSR count). The Kier molecular flexibility index (Phi) is 6.08. The third kappa shape index (κ3) is 5.24. The van der Waals surface area contributed by atoms with E-state index in [1.165, 1.54) is 0 Å². The van der Waals surface area contributed by atoms with Crippen molar-refractivity contribution >= 4 is 17.8 Å². The molecule has 6 heteroatoms. The highest BCUT2D eigenvalue weighted by Crippen LogP contribution is 2.18. The minimum absolute atomic E-state index is 0.101. The number of primary amides is 1. The summed E-state index contributed by atoms with van der Waals surface area (Å²) in [6.07, 6.45) is -0.101. The predicted molar refractivity (Wildman–Crippen MR) is 87.9 cm³/mol. The first kappa shape index (κ1) is 17.2. The molecular formula is C18H18N2O4. The fraction of sp³-hybridized carbons (Fsp3) is 0.167. The fourth-order valence-corrected chi connectivity index (χ4v) is 2.15. The molecule has 0 heterocycles. The maximum Gasteiger partial charge on any atom is 0.308 e. The van der Waals surface area contributed by atoms with Gasteiger partial charge in [-0.25, -0.2) is 0 Å². The lowest BCUT2D eigenvalue weighted by Gasteiger charge is -2.18. The van der Waals surface area contributed by atoms with Crippen LogP contribution in [0.15, 0.2) is 60.7 Å². The number of carbonyl (C=O) groups is 3. The van der Waals surface area contributed by atoms with Crippen LogP contribution in [0.2, 0.25) is 0 Å². The fourth-order valence-electron chi connectivity index (χ4n) is 2.15. The van der Waals surface area contributed by atoms with Gasteiger partial charge in [-0.15, -0.1) is 0 Å². The Labute approximate surface area is 139 Å². The second-order valence-electron chi connectivity index (χ2n) is 5.13. The van der Waals surface area contributed by atoms with Crippen LogP contribution in [-0.2, 0) is 14.3 Å². The number of amides is 2. The van der Waals surface area contributed by atoms with Crippen molar-refractivity contribution in [3.05, 3.63) is 71.8 Å². The van der Waals surface area contributed by atoms with Crippen molar-refractivity contribution < 1.29 is 19.1 Å². The Hall–Kier alpha value is -3.15. The number of carbonyl (C=O) groups excluding carboxylic acids is 3. The third-order valence-electron chi connectivity index (χ3n) is 3.29. The molecule has 0 aliphatic carbocycles. The van der Waals surface area contributed by atoms with Gasteiger partial charge < -0.3 is 15.8 Å². The summed E-state index contributed by atoms with van der Waals surface area (Å²) in [6.45, 7) is -0.479. The van der Waals surface area contributed by atoms with Crippen LogP contribution in [0, 0.1) is 0 Å². The molecule has 0 bridgehead atoms. The molecule has 3 N–H and O–H groups in total. The first-order valence-electron chi connectivity index (χ1n) is 7.41. The summed E-state index contributed by atoms with van der Waals surface area (Å²) in [5.41, 5.74) is 6.21. The smallest absolute Gasteiger partial charge is 0.308 e. The molecule has 0 aliphatic heterocycles. The van der Waals surface area contributed by atoms with Crippen molar-refractivity contribution in [2.24, 2.45) is 5.73 Å². The van der Waals surface area contributed by atoms with E-state index in [1.54, 1.807) is 36.4 Å². The summed E-state index contributed by atoms with van der Waals surface area (Å²) in [6, 6.07) is 17.2. The molecule has 2 aromatic rings. The summed E-state index contributed by atoms with van der Waals surface area (Å²) in [5, 5.41) is 2.81. The molecule has 0 radical (unpaired) electrons. The van der Waals surface area contributed by atoms with E-state index in [0.717, 1.165) is 5.56 Å². The Balaban J connectivity index is 2.10. The number of hydrogen-bond donors (Lipinski definition) is 2. The monoisotopic (exact) mass is 326 g/mol. The standard InChI is InChI=1S/C18H18N2O4/c19-16(21)12-24-17(22)11-15(13-7-3-1-4-8-13)20-18(23)14-9-5-2-6-10-14/h1-10,15H,11-12H2,(H2,19,21)(H,20,23)/t15-/m1/s1. The molecule has 0 saturated heterocycles. The lowest BCUT2D eigenvalue weighted by molar-refractivity contribution is -0.148. The number of esters is 1. The van der Waals surface area contributed by atoms with Crippen LogP contribution in [-0.4, -0.2) is 24.4 Å². The van der Waals surface area contributed by atoms with Gasteiger partial charge in [-0.3, -0.25) is 14.4 Å². The number of nitrogens with one attached hydrogen (secondary N) is 1. The van der Waals surface area contributed by atoms with Crippen molar-refractivity contribution in [2.45, 2.75) is 12.5 Å². The average molecular weight is 326 g/mol. The zero-order valence-electron chi connectivity index (χ0n) is 13.0. The van der Waals surface area contributed by atoms with E-state index in [-0.39, 0.29) is 12.3 Å². The first-order valence-corrected chi connectivity index (χ1v) is 7.41. The van der Waals surface area contributed by atoms with Crippen molar-refractivity contribution in [3.63, 3.8) is 0 Å². The highest BCUT2D eigenvalue weighted by atomic mass is 16.5. The molecule has 0 fully saturated rings. The zero-order chi connectivity index (χ0) is 17.4. The van der Waals surface area contributed by atoms with Gasteiger partial charge in [0, 0.05) is 5.56 Å². The Morgan fingerprint density at radius 1 is 0.958 bits per heavy atom. The number of benzene rings is 2. The van der Waals surface area contributed by atoms with E-state index in [1.807, 2.05) is 24.3 Å². The normalized spacial score (nSPS) is 11.3. The van der Waals surface area contributed by atoms with E-state index >= 15 is 0 Å². The summed E-state index contributed by atoms with van der Waals surface area (Å²) in [7, 11) is 0. The van der Waals surface area contributed by atoms with Gasteiger partial charge in [0.15, 0.2) is 6.61 Å². The molecular weight excluding hydrogens is 308 g/mol. The number of nitrogens with two attached hydrogens (primary N) is 1. The third-order valence-corrected chi connectivity index (χ3v) is 3.29. The minimum atomic E-state index is -0.729. The highest BCUT2D eigenvalue weighted by Gasteiger charge is 2.20. The van der Waals surface area contributed by atoms with E-state index < -0.39 is 24.5 Å². The van der Waals surface area contributed by atoms with Crippen LogP contribution >= 0.6 is 0 Å². The van der Waals surface area contributed by atoms with Crippen molar-refractivity contribution in [2.75, 3.05) is 6.61 Å². The summed E-state index contributed by atoms with van der Waals surface area (Å²) in [5.74, 6) is -1.64. The number of ether oxygens (including phenoxy) is 1. The molecule has 24 heavy (non-hydrogen) atoms. The van der Waals surface area contributed by atoms with Gasteiger partial charge in [0.1, 0.15) is 0 Å². The van der Waals surface area contributed by atoms with Crippen LogP contribution in [0.4, 0.5) is 0 Å². The van der Waals surface area contributed by atoms with Gasteiger partial charge in [-0.2, -0.15) is 0 Å². The number of hydrogen-bond acceptors (Lipinski definition) is 4. The molecule has 0 aliphatic rings. The minimum Gasteiger partial charge on any atom is -0.456 e. The lowest BCUT2D eigenvalue weighted by atomic mass is 10.0. The molecule has 2 aromatic carbocycles. The van der Waals surface area contributed by atoms with Gasteiger partial charge in [-0.05, 0) is 17.7 Å². The van der Waals surface area contributed by atoms with Crippen LogP contribution in [0.25, 0.3) is 0 Å². The maximum atomic E-state index is 12.3. The van der Waals surface area contributed by atoms with Crippen LogP contribution in [0.1, 0.15) is 28.4 Å². The Morgan fingerprint density at radius 2 is 1.54 bits per heavy atom. The highest BCUT2D eigenvalue weighted by molar-refractivity contribution is 5.94. The van der Waals surface area contributed by atoms with Crippen LogP contribution in [0.5, 0.6) is 0 Å². The van der Waals surface area contributed by atoms with E-state index in [9.17, 15) is 14.4 Å². The number of rotatable bonds is 7. The summed E-state index contributed by atoms with van der Waals surface area (Å²) < 4.78 is 4.78. The maximum absolute atomic E-state index is 12.3. The van der Waals surface area contributed by atoms with E-state index in [4.69, 9.17) is 10.5 Å². The zero-order valence-corrected chi connectivity index (χ0v) is 13.0. The average Bonchev–Trinajstić information content (AvgIpc) is 2.61.